The van der Waals surface area contributed by atoms with Gasteiger partial charge in [0.1, 0.15) is 5.69 Å². The minimum absolute atomic E-state index is 0.778. The molecule has 0 unspecified atom stereocenters. The van der Waals surface area contributed by atoms with Gasteiger partial charge in [0.15, 0.2) is 5.82 Å². The number of hydrogen-bond acceptors (Lipinski definition) is 3. The van der Waals surface area contributed by atoms with E-state index in [1.165, 1.54) is 0 Å². The molecule has 0 bridgehead atoms. The quantitative estimate of drug-likeness (QED) is 0.561. The second-order valence-corrected chi connectivity index (χ2v) is 4.36. The monoisotopic (exact) mass is 246 g/mol. The summed E-state index contributed by atoms with van der Waals surface area (Å²) in [5.41, 5.74) is 2.70. The van der Waals surface area contributed by atoms with Gasteiger partial charge in [-0.15, -0.1) is 0 Å². The molecule has 0 aliphatic carbocycles. The molecule has 1 N–H and O–H groups in total. The fraction of sp³-hybridized carbons (Fsp3) is 0. The Hall–Kier alpha value is -2.75. The van der Waals surface area contributed by atoms with Gasteiger partial charge >= 0.3 is 0 Å². The zero-order chi connectivity index (χ0) is 12.7. The first-order chi connectivity index (χ1) is 9.42. The summed E-state index contributed by atoms with van der Waals surface area (Å²) in [6.45, 7) is 0. The number of nitrogens with one attached hydrogen (secondary N) is 1. The number of hydrogen-bond donors (Lipinski definition) is 1. The van der Waals surface area contributed by atoms with Gasteiger partial charge in [-0.05, 0) is 17.5 Å². The topological polar surface area (TPSA) is 54.5 Å². The van der Waals surface area contributed by atoms with Crippen LogP contribution in [0.5, 0.6) is 0 Å². The summed E-state index contributed by atoms with van der Waals surface area (Å²) in [6, 6.07) is 12.1. The van der Waals surface area contributed by atoms with Crippen LogP contribution >= 0.6 is 0 Å². The average molecular weight is 246 g/mol. The van der Waals surface area contributed by atoms with Gasteiger partial charge < -0.3 is 4.98 Å². The molecular weight excluding hydrogens is 236 g/mol. The summed E-state index contributed by atoms with van der Waals surface area (Å²) in [6.07, 6.45) is 5.32. The van der Waals surface area contributed by atoms with E-state index in [1.54, 1.807) is 12.4 Å². The highest BCUT2D eigenvalue weighted by Crippen LogP contribution is 2.25. The van der Waals surface area contributed by atoms with Crippen molar-refractivity contribution < 1.29 is 0 Å². The average Bonchev–Trinajstić information content (AvgIpc) is 2.90. The Morgan fingerprint density at radius 3 is 2.84 bits per heavy atom. The van der Waals surface area contributed by atoms with Crippen molar-refractivity contribution in [2.24, 2.45) is 0 Å². The number of rotatable bonds is 1. The first-order valence-electron chi connectivity index (χ1n) is 6.06. The van der Waals surface area contributed by atoms with E-state index in [2.05, 4.69) is 32.1 Å². The van der Waals surface area contributed by atoms with Crippen LogP contribution in [-0.4, -0.2) is 19.9 Å². The minimum atomic E-state index is 0.778. The molecule has 1 aromatic carbocycles. The lowest BCUT2D eigenvalue weighted by Crippen LogP contribution is -1.87. The second-order valence-electron chi connectivity index (χ2n) is 4.36. The predicted octanol–water partition coefficient (Wildman–Crippen LogP) is 3.17. The molecule has 0 spiro atoms. The highest BCUT2D eigenvalue weighted by atomic mass is 15.0. The predicted molar refractivity (Wildman–Crippen MR) is 74.6 cm³/mol. The van der Waals surface area contributed by atoms with Crippen LogP contribution in [0.4, 0.5) is 0 Å². The van der Waals surface area contributed by atoms with Crippen molar-refractivity contribution >= 4 is 21.8 Å². The maximum absolute atomic E-state index is 4.58. The Morgan fingerprint density at radius 1 is 0.947 bits per heavy atom. The van der Waals surface area contributed by atoms with E-state index in [0.29, 0.717) is 0 Å². The van der Waals surface area contributed by atoms with E-state index < -0.39 is 0 Å². The van der Waals surface area contributed by atoms with E-state index in [0.717, 1.165) is 33.3 Å². The first-order valence-corrected chi connectivity index (χ1v) is 6.06. The van der Waals surface area contributed by atoms with E-state index in [-0.39, 0.29) is 0 Å². The summed E-state index contributed by atoms with van der Waals surface area (Å²) < 4.78 is 0. The first kappa shape index (κ1) is 10.2. The Balaban J connectivity index is 2.03. The Bertz CT molecular complexity index is 841. The highest BCUT2D eigenvalue weighted by molar-refractivity contribution is 5.94. The van der Waals surface area contributed by atoms with Gasteiger partial charge in [-0.2, -0.15) is 0 Å². The highest BCUT2D eigenvalue weighted by Gasteiger charge is 2.09. The lowest BCUT2D eigenvalue weighted by atomic mass is 10.1. The van der Waals surface area contributed by atoms with Gasteiger partial charge in [0, 0.05) is 17.8 Å². The van der Waals surface area contributed by atoms with Crippen LogP contribution in [0.2, 0.25) is 0 Å². The minimum Gasteiger partial charge on any atom is -0.335 e. The summed E-state index contributed by atoms with van der Waals surface area (Å²) in [5, 5.41) is 2.25. The zero-order valence-corrected chi connectivity index (χ0v) is 10.0. The number of aromatic nitrogens is 4. The molecule has 3 aromatic heterocycles. The number of imidazole rings is 1. The number of H-pyrrole nitrogens is 1. The maximum Gasteiger partial charge on any atom is 0.157 e. The van der Waals surface area contributed by atoms with Crippen LogP contribution < -0.4 is 0 Å². The maximum atomic E-state index is 4.58. The molecule has 4 aromatic rings. The third kappa shape index (κ3) is 1.57. The van der Waals surface area contributed by atoms with Gasteiger partial charge in [-0.1, -0.05) is 24.3 Å². The Labute approximate surface area is 109 Å². The SMILES string of the molecule is c1ccc2c(-c3nc4ccncc4[nH]3)nccc2c1. The third-order valence-corrected chi connectivity index (χ3v) is 3.18. The summed E-state index contributed by atoms with van der Waals surface area (Å²) in [7, 11) is 0. The molecule has 0 saturated carbocycles. The number of pyridine rings is 2. The molecule has 0 aliphatic rings. The van der Waals surface area contributed by atoms with Crippen LogP contribution in [0.25, 0.3) is 33.3 Å². The van der Waals surface area contributed by atoms with Gasteiger partial charge in [-0.3, -0.25) is 9.97 Å². The van der Waals surface area contributed by atoms with Crippen LogP contribution in [0, 0.1) is 0 Å². The second kappa shape index (κ2) is 3.88. The van der Waals surface area contributed by atoms with Crippen molar-refractivity contribution in [2.75, 3.05) is 0 Å². The lowest BCUT2D eigenvalue weighted by Gasteiger charge is -2.01. The molecule has 4 nitrogen and oxygen atoms in total. The molecule has 4 rings (SSSR count). The van der Waals surface area contributed by atoms with Crippen molar-refractivity contribution in [1.29, 1.82) is 0 Å². The molecule has 0 fully saturated rings. The molecular formula is C15H10N4. The van der Waals surface area contributed by atoms with Crippen LogP contribution in [0.3, 0.4) is 0 Å². The van der Waals surface area contributed by atoms with Gasteiger partial charge in [0.25, 0.3) is 0 Å². The standard InChI is InChI=1S/C15H10N4/c1-2-4-11-10(3-1)5-8-17-14(11)15-18-12-6-7-16-9-13(12)19-15/h1-9H,(H,18,19). The molecule has 0 aliphatic heterocycles. The van der Waals surface area contributed by atoms with Crippen molar-refractivity contribution in [3.8, 4) is 11.5 Å². The van der Waals surface area contributed by atoms with Crippen LogP contribution in [0.15, 0.2) is 55.0 Å². The molecule has 3 heterocycles. The van der Waals surface area contributed by atoms with Gasteiger partial charge in [0.05, 0.1) is 17.2 Å². The number of aromatic amines is 1. The van der Waals surface area contributed by atoms with Crippen molar-refractivity contribution in [3.63, 3.8) is 0 Å². The normalized spacial score (nSPS) is 11.2. The smallest absolute Gasteiger partial charge is 0.157 e. The molecule has 0 amide bonds. The molecule has 0 atom stereocenters. The van der Waals surface area contributed by atoms with E-state index in [1.807, 2.05) is 30.5 Å². The summed E-state index contributed by atoms with van der Waals surface area (Å²) in [5.74, 6) is 0.778. The lowest BCUT2D eigenvalue weighted by molar-refractivity contribution is 1.26. The number of nitrogens with zero attached hydrogens (tertiary/aromatic N) is 3. The van der Waals surface area contributed by atoms with E-state index in [4.69, 9.17) is 0 Å². The number of benzene rings is 1. The van der Waals surface area contributed by atoms with Crippen LogP contribution in [-0.2, 0) is 0 Å². The summed E-state index contributed by atoms with van der Waals surface area (Å²) >= 11 is 0. The van der Waals surface area contributed by atoms with Crippen molar-refractivity contribution in [1.82, 2.24) is 19.9 Å². The van der Waals surface area contributed by atoms with Crippen molar-refractivity contribution in [3.05, 3.63) is 55.0 Å². The molecule has 19 heavy (non-hydrogen) atoms. The third-order valence-electron chi connectivity index (χ3n) is 3.18. The fourth-order valence-corrected chi connectivity index (χ4v) is 2.28. The molecule has 4 heteroatoms. The van der Waals surface area contributed by atoms with E-state index >= 15 is 0 Å². The fourth-order valence-electron chi connectivity index (χ4n) is 2.28. The molecule has 90 valence electrons. The van der Waals surface area contributed by atoms with Gasteiger partial charge in [-0.25, -0.2) is 4.98 Å². The molecule has 0 radical (unpaired) electrons. The summed E-state index contributed by atoms with van der Waals surface area (Å²) in [4.78, 5) is 16.4. The number of fused-ring (bicyclic) bond motifs is 2. The van der Waals surface area contributed by atoms with Gasteiger partial charge in [0.2, 0.25) is 0 Å². The van der Waals surface area contributed by atoms with E-state index in [9.17, 15) is 0 Å². The largest absolute Gasteiger partial charge is 0.335 e. The van der Waals surface area contributed by atoms with Crippen molar-refractivity contribution in [2.45, 2.75) is 0 Å². The zero-order valence-electron chi connectivity index (χ0n) is 10.0. The Kier molecular flexibility index (Phi) is 2.08. The molecule has 0 saturated heterocycles. The van der Waals surface area contributed by atoms with Crippen LogP contribution in [0.1, 0.15) is 0 Å². The Morgan fingerprint density at radius 2 is 1.89 bits per heavy atom.